The number of rotatable bonds is 3. The van der Waals surface area contributed by atoms with E-state index in [0.717, 1.165) is 7.11 Å². The summed E-state index contributed by atoms with van der Waals surface area (Å²) in [6, 6.07) is 6.79. The van der Waals surface area contributed by atoms with Gasteiger partial charge in [-0.25, -0.2) is 24.2 Å². The smallest absolute Gasteiger partial charge is 0.422 e. The number of anilines is 1. The standard InChI is InChI=1S/C10H9ClN4O4S/c1-19-10(16)15-20(17,18)14-9-8(11)12-6-4-2-3-5-7(6)13-9/h2-5H,1H3,(H,13,14)(H,15,16). The van der Waals surface area contributed by atoms with Crippen LogP contribution in [0.2, 0.25) is 5.15 Å². The molecular formula is C10H9ClN4O4S. The van der Waals surface area contributed by atoms with Crippen LogP contribution in [0.5, 0.6) is 0 Å². The van der Waals surface area contributed by atoms with Crippen LogP contribution in [0.25, 0.3) is 11.0 Å². The van der Waals surface area contributed by atoms with Crippen molar-refractivity contribution >= 4 is 44.8 Å². The molecule has 0 saturated carbocycles. The number of ether oxygens (including phenoxy) is 1. The Morgan fingerprint density at radius 2 is 1.85 bits per heavy atom. The molecular weight excluding hydrogens is 308 g/mol. The predicted octanol–water partition coefficient (Wildman–Crippen LogP) is 1.30. The average molecular weight is 317 g/mol. The van der Waals surface area contributed by atoms with Gasteiger partial charge in [0, 0.05) is 0 Å². The van der Waals surface area contributed by atoms with Crippen molar-refractivity contribution in [3.63, 3.8) is 0 Å². The number of nitrogens with zero attached hydrogens (tertiary/aromatic N) is 2. The number of carbonyl (C=O) groups is 1. The number of aromatic nitrogens is 2. The van der Waals surface area contributed by atoms with Crippen LogP contribution in [0.1, 0.15) is 0 Å². The Morgan fingerprint density at radius 1 is 1.25 bits per heavy atom. The molecule has 0 fully saturated rings. The Bertz CT molecular complexity index is 765. The minimum absolute atomic E-state index is 0.140. The maximum absolute atomic E-state index is 11.6. The predicted molar refractivity (Wildman–Crippen MR) is 72.6 cm³/mol. The van der Waals surface area contributed by atoms with E-state index in [2.05, 4.69) is 14.7 Å². The number of nitrogens with one attached hydrogen (secondary N) is 2. The Kier molecular flexibility index (Phi) is 3.91. The molecule has 1 heterocycles. The van der Waals surface area contributed by atoms with E-state index < -0.39 is 16.3 Å². The highest BCUT2D eigenvalue weighted by molar-refractivity contribution is 7.91. The fraction of sp³-hybridized carbons (Fsp3) is 0.100. The molecule has 10 heteroatoms. The van der Waals surface area contributed by atoms with Gasteiger partial charge in [0.1, 0.15) is 0 Å². The van der Waals surface area contributed by atoms with Gasteiger partial charge >= 0.3 is 16.3 Å². The molecule has 0 bridgehead atoms. The molecule has 0 aliphatic carbocycles. The number of benzene rings is 1. The van der Waals surface area contributed by atoms with Gasteiger partial charge in [-0.15, -0.1) is 0 Å². The van der Waals surface area contributed by atoms with Gasteiger partial charge in [-0.2, -0.15) is 8.42 Å². The first-order chi connectivity index (χ1) is 9.41. The highest BCUT2D eigenvalue weighted by Gasteiger charge is 2.18. The topological polar surface area (TPSA) is 110 Å². The number of fused-ring (bicyclic) bond motifs is 1. The normalized spacial score (nSPS) is 11.1. The molecule has 0 unspecified atom stereocenters. The molecule has 0 spiro atoms. The molecule has 8 nitrogen and oxygen atoms in total. The van der Waals surface area contributed by atoms with E-state index in [-0.39, 0.29) is 11.0 Å². The molecule has 2 rings (SSSR count). The van der Waals surface area contributed by atoms with Gasteiger partial charge in [-0.05, 0) is 12.1 Å². The van der Waals surface area contributed by atoms with Crippen LogP contribution < -0.4 is 9.44 Å². The van der Waals surface area contributed by atoms with Crippen LogP contribution in [-0.4, -0.2) is 31.6 Å². The Labute approximate surface area is 119 Å². The minimum Gasteiger partial charge on any atom is -0.452 e. The highest BCUT2D eigenvalue weighted by Crippen LogP contribution is 2.21. The van der Waals surface area contributed by atoms with Crippen molar-refractivity contribution in [2.45, 2.75) is 0 Å². The van der Waals surface area contributed by atoms with E-state index in [1.165, 1.54) is 0 Å². The van der Waals surface area contributed by atoms with E-state index in [4.69, 9.17) is 11.6 Å². The number of hydrogen-bond donors (Lipinski definition) is 2. The van der Waals surface area contributed by atoms with Gasteiger partial charge in [0.2, 0.25) is 0 Å². The molecule has 0 atom stereocenters. The number of carbonyl (C=O) groups excluding carboxylic acids is 1. The quantitative estimate of drug-likeness (QED) is 0.883. The summed E-state index contributed by atoms with van der Waals surface area (Å²) in [7, 11) is -3.16. The second kappa shape index (κ2) is 5.47. The molecule has 0 aliphatic rings. The number of methoxy groups -OCH3 is 1. The summed E-state index contributed by atoms with van der Waals surface area (Å²) < 4.78 is 31.0. The lowest BCUT2D eigenvalue weighted by Crippen LogP contribution is -2.35. The zero-order valence-corrected chi connectivity index (χ0v) is 11.7. The lowest BCUT2D eigenvalue weighted by molar-refractivity contribution is 0.177. The first kappa shape index (κ1) is 14.3. The molecule has 1 amide bonds. The summed E-state index contributed by atoms with van der Waals surface area (Å²) in [5.74, 6) is -0.193. The second-order valence-corrected chi connectivity index (χ2v) is 5.32. The van der Waals surface area contributed by atoms with Gasteiger partial charge in [-0.1, -0.05) is 23.7 Å². The molecule has 1 aromatic heterocycles. The molecule has 0 saturated heterocycles. The summed E-state index contributed by atoms with van der Waals surface area (Å²) >= 11 is 5.84. The fourth-order valence-corrected chi connectivity index (χ4v) is 2.33. The molecule has 0 aliphatic heterocycles. The highest BCUT2D eigenvalue weighted by atomic mass is 35.5. The van der Waals surface area contributed by atoms with Crippen LogP contribution in [0.15, 0.2) is 24.3 Å². The first-order valence-electron chi connectivity index (χ1n) is 5.22. The summed E-state index contributed by atoms with van der Waals surface area (Å²) in [6.07, 6.45) is -1.14. The second-order valence-electron chi connectivity index (χ2n) is 3.55. The molecule has 106 valence electrons. The zero-order chi connectivity index (χ0) is 14.8. The van der Waals surface area contributed by atoms with Crippen molar-refractivity contribution in [3.8, 4) is 0 Å². The first-order valence-corrected chi connectivity index (χ1v) is 7.08. The number of hydrogen-bond acceptors (Lipinski definition) is 6. The SMILES string of the molecule is COC(=O)NS(=O)(=O)Nc1nc2ccccc2nc1Cl. The summed E-state index contributed by atoms with van der Waals surface area (Å²) in [5, 5.41) is -0.140. The van der Waals surface area contributed by atoms with Gasteiger partial charge in [0.25, 0.3) is 0 Å². The Hall–Kier alpha value is -2.13. The minimum atomic E-state index is -4.20. The molecule has 1 aromatic carbocycles. The van der Waals surface area contributed by atoms with Crippen molar-refractivity contribution in [2.75, 3.05) is 11.8 Å². The van der Waals surface area contributed by atoms with Crippen molar-refractivity contribution in [3.05, 3.63) is 29.4 Å². The molecule has 2 N–H and O–H groups in total. The summed E-state index contributed by atoms with van der Waals surface area (Å²) in [6.45, 7) is 0. The monoisotopic (exact) mass is 316 g/mol. The Balaban J connectivity index is 2.34. The van der Waals surface area contributed by atoms with Crippen molar-refractivity contribution in [2.24, 2.45) is 0 Å². The maximum atomic E-state index is 11.6. The number of amides is 1. The number of halogens is 1. The Morgan fingerprint density at radius 3 is 2.45 bits per heavy atom. The van der Waals surface area contributed by atoms with E-state index in [0.29, 0.717) is 11.0 Å². The molecule has 20 heavy (non-hydrogen) atoms. The van der Waals surface area contributed by atoms with E-state index in [1.807, 2.05) is 4.72 Å². The number of para-hydroxylation sites is 2. The lowest BCUT2D eigenvalue weighted by Gasteiger charge is -2.09. The van der Waals surface area contributed by atoms with Gasteiger partial charge in [0.05, 0.1) is 18.1 Å². The van der Waals surface area contributed by atoms with E-state index in [9.17, 15) is 13.2 Å². The summed E-state index contributed by atoms with van der Waals surface area (Å²) in [4.78, 5) is 18.9. The van der Waals surface area contributed by atoms with Crippen molar-refractivity contribution < 1.29 is 17.9 Å². The summed E-state index contributed by atoms with van der Waals surface area (Å²) in [5.41, 5.74) is 0.967. The molecule has 0 radical (unpaired) electrons. The molecule has 2 aromatic rings. The third-order valence-corrected chi connectivity index (χ3v) is 3.32. The average Bonchev–Trinajstić information content (AvgIpc) is 2.38. The van der Waals surface area contributed by atoms with Gasteiger partial charge in [-0.3, -0.25) is 0 Å². The largest absolute Gasteiger partial charge is 0.452 e. The van der Waals surface area contributed by atoms with Crippen LogP contribution >= 0.6 is 11.6 Å². The zero-order valence-electron chi connectivity index (χ0n) is 10.1. The van der Waals surface area contributed by atoms with E-state index in [1.54, 1.807) is 29.0 Å². The van der Waals surface area contributed by atoms with Crippen LogP contribution in [0, 0.1) is 0 Å². The van der Waals surface area contributed by atoms with Crippen LogP contribution in [0.4, 0.5) is 10.6 Å². The van der Waals surface area contributed by atoms with E-state index >= 15 is 0 Å². The fourth-order valence-electron chi connectivity index (χ4n) is 1.35. The van der Waals surface area contributed by atoms with Crippen molar-refractivity contribution in [1.82, 2.24) is 14.7 Å². The maximum Gasteiger partial charge on any atom is 0.422 e. The third kappa shape index (κ3) is 3.25. The third-order valence-electron chi connectivity index (χ3n) is 2.16. The lowest BCUT2D eigenvalue weighted by atomic mass is 10.3. The van der Waals surface area contributed by atoms with Crippen LogP contribution in [0.3, 0.4) is 0 Å². The van der Waals surface area contributed by atoms with Crippen LogP contribution in [-0.2, 0) is 14.9 Å². The van der Waals surface area contributed by atoms with Gasteiger partial charge in [0.15, 0.2) is 11.0 Å². The van der Waals surface area contributed by atoms with Gasteiger partial charge < -0.3 is 4.74 Å². The van der Waals surface area contributed by atoms with Crippen molar-refractivity contribution in [1.29, 1.82) is 0 Å².